The summed E-state index contributed by atoms with van der Waals surface area (Å²) in [6.07, 6.45) is 2.88. The van der Waals surface area contributed by atoms with Gasteiger partial charge in [0.05, 0.1) is 18.0 Å². The molecular formula is C16H18N2O4. The number of aryl methyl sites for hydroxylation is 2. The first-order chi connectivity index (χ1) is 10.5. The highest BCUT2D eigenvalue weighted by atomic mass is 16.6. The van der Waals surface area contributed by atoms with E-state index in [9.17, 15) is 14.9 Å². The molecule has 0 saturated carbocycles. The number of hydrogen-bond donors (Lipinski definition) is 0. The van der Waals surface area contributed by atoms with E-state index >= 15 is 0 Å². The standard InChI is InChI=1S/C16H18N2O4/c1-3-22-16(19)9-8-15-10-13(11-17(15)2)12-4-6-14(7-5-12)18(20)21/h4-7,10-11H,3,8-9H2,1-2H3. The predicted octanol–water partition coefficient (Wildman–Crippen LogP) is 3.10. The summed E-state index contributed by atoms with van der Waals surface area (Å²) < 4.78 is 6.87. The summed E-state index contributed by atoms with van der Waals surface area (Å²) in [6.45, 7) is 2.17. The molecule has 0 atom stereocenters. The lowest BCUT2D eigenvalue weighted by molar-refractivity contribution is -0.384. The van der Waals surface area contributed by atoms with Crippen LogP contribution in [0.3, 0.4) is 0 Å². The van der Waals surface area contributed by atoms with Crippen LogP contribution in [0.15, 0.2) is 36.5 Å². The zero-order chi connectivity index (χ0) is 16.1. The Kier molecular flexibility index (Phi) is 4.93. The minimum atomic E-state index is -0.417. The topological polar surface area (TPSA) is 74.4 Å². The van der Waals surface area contributed by atoms with Crippen molar-refractivity contribution in [3.63, 3.8) is 0 Å². The highest BCUT2D eigenvalue weighted by molar-refractivity contribution is 5.70. The highest BCUT2D eigenvalue weighted by Gasteiger charge is 2.10. The fraction of sp³-hybridized carbons (Fsp3) is 0.312. The lowest BCUT2D eigenvalue weighted by atomic mass is 10.1. The molecule has 0 N–H and O–H groups in total. The molecule has 0 spiro atoms. The molecule has 1 aromatic heterocycles. The van der Waals surface area contributed by atoms with Crippen molar-refractivity contribution in [1.82, 2.24) is 4.57 Å². The summed E-state index contributed by atoms with van der Waals surface area (Å²) in [5, 5.41) is 10.7. The third kappa shape index (κ3) is 3.72. The summed E-state index contributed by atoms with van der Waals surface area (Å²) in [5.74, 6) is -0.208. The van der Waals surface area contributed by atoms with Gasteiger partial charge in [-0.3, -0.25) is 14.9 Å². The first-order valence-corrected chi connectivity index (χ1v) is 7.07. The van der Waals surface area contributed by atoms with Crippen LogP contribution in [0, 0.1) is 10.1 Å². The van der Waals surface area contributed by atoms with Gasteiger partial charge in [-0.15, -0.1) is 0 Å². The molecule has 0 aliphatic carbocycles. The smallest absolute Gasteiger partial charge is 0.306 e. The van der Waals surface area contributed by atoms with Gasteiger partial charge in [0.2, 0.25) is 0 Å². The summed E-state index contributed by atoms with van der Waals surface area (Å²) >= 11 is 0. The number of carbonyl (C=O) groups excluding carboxylic acids is 1. The average Bonchev–Trinajstić information content (AvgIpc) is 2.87. The number of benzene rings is 1. The van der Waals surface area contributed by atoms with Crippen LogP contribution in [0.2, 0.25) is 0 Å². The molecule has 0 amide bonds. The molecule has 22 heavy (non-hydrogen) atoms. The normalized spacial score (nSPS) is 10.5. The lowest BCUT2D eigenvalue weighted by Gasteiger charge is -2.02. The summed E-state index contributed by atoms with van der Waals surface area (Å²) in [6, 6.07) is 8.41. The van der Waals surface area contributed by atoms with Crippen LogP contribution in [-0.2, 0) is 23.0 Å². The number of non-ortho nitro benzene ring substituents is 1. The van der Waals surface area contributed by atoms with E-state index in [2.05, 4.69) is 0 Å². The first kappa shape index (κ1) is 15.8. The Labute approximate surface area is 128 Å². The number of esters is 1. The summed E-state index contributed by atoms with van der Waals surface area (Å²) in [7, 11) is 1.91. The van der Waals surface area contributed by atoms with E-state index in [-0.39, 0.29) is 11.7 Å². The van der Waals surface area contributed by atoms with Crippen LogP contribution >= 0.6 is 0 Å². The van der Waals surface area contributed by atoms with Gasteiger partial charge in [0.15, 0.2) is 0 Å². The molecule has 6 heteroatoms. The molecule has 0 unspecified atom stereocenters. The van der Waals surface area contributed by atoms with Crippen LogP contribution in [-0.4, -0.2) is 22.1 Å². The van der Waals surface area contributed by atoms with Crippen molar-refractivity contribution in [2.45, 2.75) is 19.8 Å². The summed E-state index contributed by atoms with van der Waals surface area (Å²) in [5.41, 5.74) is 2.96. The van der Waals surface area contributed by atoms with Crippen LogP contribution in [0.1, 0.15) is 19.0 Å². The molecule has 0 bridgehead atoms. The largest absolute Gasteiger partial charge is 0.466 e. The summed E-state index contributed by atoms with van der Waals surface area (Å²) in [4.78, 5) is 21.7. The van der Waals surface area contributed by atoms with E-state index in [1.54, 1.807) is 19.1 Å². The van der Waals surface area contributed by atoms with Gasteiger partial charge >= 0.3 is 5.97 Å². The quantitative estimate of drug-likeness (QED) is 0.467. The van der Waals surface area contributed by atoms with Crippen molar-refractivity contribution in [3.05, 3.63) is 52.3 Å². The number of rotatable bonds is 6. The fourth-order valence-corrected chi connectivity index (χ4v) is 2.26. The van der Waals surface area contributed by atoms with Crippen molar-refractivity contribution in [1.29, 1.82) is 0 Å². The van der Waals surface area contributed by atoms with Crippen LogP contribution in [0.25, 0.3) is 11.1 Å². The predicted molar refractivity (Wildman–Crippen MR) is 82.5 cm³/mol. The van der Waals surface area contributed by atoms with Crippen molar-refractivity contribution >= 4 is 11.7 Å². The molecular weight excluding hydrogens is 284 g/mol. The molecule has 0 radical (unpaired) electrons. The minimum Gasteiger partial charge on any atom is -0.466 e. The lowest BCUT2D eigenvalue weighted by Crippen LogP contribution is -2.06. The Balaban J connectivity index is 2.11. The van der Waals surface area contributed by atoms with Gasteiger partial charge in [-0.1, -0.05) is 0 Å². The Morgan fingerprint density at radius 1 is 1.27 bits per heavy atom. The Hall–Kier alpha value is -2.63. The van der Waals surface area contributed by atoms with Gasteiger partial charge in [-0.25, -0.2) is 0 Å². The Bertz CT molecular complexity index is 674. The average molecular weight is 302 g/mol. The number of nitrogens with zero attached hydrogens (tertiary/aromatic N) is 2. The number of ether oxygens (including phenoxy) is 1. The highest BCUT2D eigenvalue weighted by Crippen LogP contribution is 2.24. The van der Waals surface area contributed by atoms with E-state index in [1.807, 2.05) is 23.9 Å². The molecule has 0 aliphatic heterocycles. The Morgan fingerprint density at radius 3 is 2.55 bits per heavy atom. The van der Waals surface area contributed by atoms with E-state index in [0.29, 0.717) is 19.4 Å². The fourth-order valence-electron chi connectivity index (χ4n) is 2.26. The number of nitro groups is 1. The second-order valence-corrected chi connectivity index (χ2v) is 4.94. The van der Waals surface area contributed by atoms with Crippen molar-refractivity contribution < 1.29 is 14.5 Å². The zero-order valence-electron chi connectivity index (χ0n) is 12.6. The molecule has 1 aromatic carbocycles. The second-order valence-electron chi connectivity index (χ2n) is 4.94. The molecule has 116 valence electrons. The van der Waals surface area contributed by atoms with Crippen LogP contribution in [0.4, 0.5) is 5.69 Å². The first-order valence-electron chi connectivity index (χ1n) is 7.07. The van der Waals surface area contributed by atoms with E-state index in [4.69, 9.17) is 4.74 Å². The third-order valence-electron chi connectivity index (χ3n) is 3.41. The maximum absolute atomic E-state index is 11.4. The third-order valence-corrected chi connectivity index (χ3v) is 3.41. The molecule has 2 rings (SSSR count). The number of hydrogen-bond acceptors (Lipinski definition) is 4. The number of aromatic nitrogens is 1. The molecule has 0 saturated heterocycles. The van der Waals surface area contributed by atoms with Crippen molar-refractivity contribution in [2.75, 3.05) is 6.61 Å². The molecule has 2 aromatic rings. The number of nitro benzene ring substituents is 1. The van der Waals surface area contributed by atoms with Gasteiger partial charge in [0, 0.05) is 31.1 Å². The maximum Gasteiger partial charge on any atom is 0.306 e. The minimum absolute atomic E-state index is 0.0715. The van der Waals surface area contributed by atoms with E-state index in [1.165, 1.54) is 12.1 Å². The zero-order valence-corrected chi connectivity index (χ0v) is 12.6. The second kappa shape index (κ2) is 6.89. The van der Waals surface area contributed by atoms with Gasteiger partial charge in [0.1, 0.15) is 0 Å². The SMILES string of the molecule is CCOC(=O)CCc1cc(-c2ccc([N+](=O)[O-])cc2)cn1C. The van der Waals surface area contributed by atoms with Gasteiger partial charge in [-0.2, -0.15) is 0 Å². The molecule has 6 nitrogen and oxygen atoms in total. The molecule has 0 aliphatic rings. The maximum atomic E-state index is 11.4. The number of carbonyl (C=O) groups is 1. The van der Waals surface area contributed by atoms with Crippen LogP contribution < -0.4 is 0 Å². The van der Waals surface area contributed by atoms with Gasteiger partial charge < -0.3 is 9.30 Å². The van der Waals surface area contributed by atoms with Crippen molar-refractivity contribution in [2.24, 2.45) is 7.05 Å². The van der Waals surface area contributed by atoms with Gasteiger partial charge in [0.25, 0.3) is 5.69 Å². The van der Waals surface area contributed by atoms with Crippen molar-refractivity contribution in [3.8, 4) is 11.1 Å². The van der Waals surface area contributed by atoms with E-state index < -0.39 is 4.92 Å². The van der Waals surface area contributed by atoms with Crippen LogP contribution in [0.5, 0.6) is 0 Å². The molecule has 1 heterocycles. The van der Waals surface area contributed by atoms with Gasteiger partial charge in [-0.05, 0) is 42.7 Å². The Morgan fingerprint density at radius 2 is 1.95 bits per heavy atom. The van der Waals surface area contributed by atoms with E-state index in [0.717, 1.165) is 16.8 Å². The monoisotopic (exact) mass is 302 g/mol. The molecule has 0 fully saturated rings.